The van der Waals surface area contributed by atoms with Gasteiger partial charge in [-0.05, 0) is 17.7 Å². The van der Waals surface area contributed by atoms with Gasteiger partial charge in [0.1, 0.15) is 0 Å². The van der Waals surface area contributed by atoms with E-state index in [-0.39, 0.29) is 0 Å². The van der Waals surface area contributed by atoms with Crippen LogP contribution in [0.25, 0.3) is 11.1 Å². The first-order valence-electron chi connectivity index (χ1n) is 3.47. The molecule has 0 aliphatic carbocycles. The van der Waals surface area contributed by atoms with Crippen LogP contribution >= 0.6 is 15.9 Å². The molecule has 0 radical (unpaired) electrons. The van der Waals surface area contributed by atoms with Crippen molar-refractivity contribution in [1.29, 1.82) is 0 Å². The van der Waals surface area contributed by atoms with Crippen LogP contribution in [0, 0.1) is 0 Å². The number of oxazole rings is 1. The highest BCUT2D eigenvalue weighted by atomic mass is 79.9. The maximum atomic E-state index is 10.8. The molecule has 0 atom stereocenters. The largest absolute Gasteiger partial charge is 0.417 e. The third-order valence-electron chi connectivity index (χ3n) is 1.64. The Kier molecular flexibility index (Phi) is 1.77. The van der Waals surface area contributed by atoms with Gasteiger partial charge in [-0.1, -0.05) is 22.0 Å². The fourth-order valence-electron chi connectivity index (χ4n) is 1.07. The van der Waals surface area contributed by atoms with Crippen LogP contribution in [-0.2, 0) is 5.33 Å². The molecule has 2 aromatic rings. The van der Waals surface area contributed by atoms with Gasteiger partial charge in [-0.25, -0.2) is 4.79 Å². The molecule has 0 unspecified atom stereocenters. The fourth-order valence-corrected chi connectivity index (χ4v) is 1.42. The third-order valence-corrected chi connectivity index (χ3v) is 2.29. The maximum Gasteiger partial charge on any atom is 0.417 e. The summed E-state index contributed by atoms with van der Waals surface area (Å²) in [6.07, 6.45) is 0. The first-order valence-corrected chi connectivity index (χ1v) is 4.59. The minimum atomic E-state index is -0.406. The Hall–Kier alpha value is -1.03. The predicted molar refractivity (Wildman–Crippen MR) is 49.5 cm³/mol. The van der Waals surface area contributed by atoms with E-state index in [4.69, 9.17) is 4.42 Å². The summed E-state index contributed by atoms with van der Waals surface area (Å²) in [5, 5.41) is 0.762. The summed E-state index contributed by atoms with van der Waals surface area (Å²) in [4.78, 5) is 13.3. The second-order valence-electron chi connectivity index (χ2n) is 2.48. The first kappa shape index (κ1) is 7.61. The molecule has 0 amide bonds. The van der Waals surface area contributed by atoms with Crippen LogP contribution in [0.15, 0.2) is 27.4 Å². The molecule has 0 aliphatic heterocycles. The number of nitrogens with one attached hydrogen (secondary N) is 1. The van der Waals surface area contributed by atoms with Gasteiger partial charge in [-0.3, -0.25) is 4.98 Å². The highest BCUT2D eigenvalue weighted by Gasteiger charge is 2.00. The van der Waals surface area contributed by atoms with Gasteiger partial charge in [0.15, 0.2) is 5.58 Å². The van der Waals surface area contributed by atoms with Crippen LogP contribution < -0.4 is 5.76 Å². The number of fused-ring (bicyclic) bond motifs is 1. The van der Waals surface area contributed by atoms with Crippen LogP contribution in [0.4, 0.5) is 0 Å². The summed E-state index contributed by atoms with van der Waals surface area (Å²) >= 11 is 3.32. The number of H-pyrrole nitrogens is 1. The minimum Gasteiger partial charge on any atom is -0.408 e. The molecule has 0 spiro atoms. The number of rotatable bonds is 1. The zero-order valence-electron chi connectivity index (χ0n) is 6.13. The Labute approximate surface area is 76.5 Å². The van der Waals surface area contributed by atoms with Crippen LogP contribution in [0.2, 0.25) is 0 Å². The SMILES string of the molecule is O=c1[nH]c2ccc(CBr)cc2o1. The van der Waals surface area contributed by atoms with Gasteiger partial charge in [0, 0.05) is 5.33 Å². The smallest absolute Gasteiger partial charge is 0.408 e. The molecule has 62 valence electrons. The Bertz CT molecular complexity index is 457. The van der Waals surface area contributed by atoms with Crippen LogP contribution in [0.3, 0.4) is 0 Å². The van der Waals surface area contributed by atoms with Gasteiger partial charge in [0.25, 0.3) is 0 Å². The molecule has 2 rings (SSSR count). The van der Waals surface area contributed by atoms with Crippen molar-refractivity contribution in [2.45, 2.75) is 5.33 Å². The van der Waals surface area contributed by atoms with Crippen molar-refractivity contribution < 1.29 is 4.42 Å². The van der Waals surface area contributed by atoms with Gasteiger partial charge in [-0.15, -0.1) is 0 Å². The van der Waals surface area contributed by atoms with Crippen molar-refractivity contribution in [3.8, 4) is 0 Å². The highest BCUT2D eigenvalue weighted by molar-refractivity contribution is 9.08. The van der Waals surface area contributed by atoms with Gasteiger partial charge in [0.05, 0.1) is 5.52 Å². The molecule has 1 aromatic carbocycles. The fraction of sp³-hybridized carbons (Fsp3) is 0.125. The number of halogens is 1. The van der Waals surface area contributed by atoms with Crippen molar-refractivity contribution in [3.63, 3.8) is 0 Å². The van der Waals surface area contributed by atoms with Crippen molar-refractivity contribution in [3.05, 3.63) is 34.3 Å². The molecule has 4 heteroatoms. The minimum absolute atomic E-state index is 0.406. The second kappa shape index (κ2) is 2.79. The maximum absolute atomic E-state index is 10.8. The summed E-state index contributed by atoms with van der Waals surface area (Å²) < 4.78 is 4.88. The average Bonchev–Trinajstić information content (AvgIpc) is 2.43. The number of benzene rings is 1. The normalized spacial score (nSPS) is 10.8. The van der Waals surface area contributed by atoms with Crippen LogP contribution in [-0.4, -0.2) is 4.98 Å². The average molecular weight is 228 g/mol. The molecule has 1 heterocycles. The summed E-state index contributed by atoms with van der Waals surface area (Å²) in [5.74, 6) is -0.406. The lowest BCUT2D eigenvalue weighted by Gasteiger charge is -1.91. The van der Waals surface area contributed by atoms with Gasteiger partial charge < -0.3 is 4.42 Å². The van der Waals surface area contributed by atoms with Gasteiger partial charge in [0.2, 0.25) is 0 Å². The van der Waals surface area contributed by atoms with E-state index in [1.807, 2.05) is 18.2 Å². The standard InChI is InChI=1S/C8H6BrNO2/c9-4-5-1-2-6-7(3-5)12-8(11)10-6/h1-3H,4H2,(H,10,11). The van der Waals surface area contributed by atoms with E-state index in [2.05, 4.69) is 20.9 Å². The molecule has 0 saturated carbocycles. The van der Waals surface area contributed by atoms with E-state index in [1.165, 1.54) is 0 Å². The summed E-state index contributed by atoms with van der Waals surface area (Å²) in [6, 6.07) is 5.60. The Morgan fingerprint density at radius 2 is 2.33 bits per heavy atom. The lowest BCUT2D eigenvalue weighted by atomic mass is 10.2. The van der Waals surface area contributed by atoms with Gasteiger partial charge in [-0.2, -0.15) is 0 Å². The van der Waals surface area contributed by atoms with Crippen molar-refractivity contribution in [2.24, 2.45) is 0 Å². The first-order chi connectivity index (χ1) is 5.79. The number of aromatic amines is 1. The topological polar surface area (TPSA) is 46.0 Å². The van der Waals surface area contributed by atoms with Crippen molar-refractivity contribution >= 4 is 27.0 Å². The summed E-state index contributed by atoms with van der Waals surface area (Å²) in [7, 11) is 0. The number of alkyl halides is 1. The molecule has 1 N–H and O–H groups in total. The quantitative estimate of drug-likeness (QED) is 0.759. The van der Waals surface area contributed by atoms with E-state index in [1.54, 1.807) is 0 Å². The highest BCUT2D eigenvalue weighted by Crippen LogP contribution is 2.13. The van der Waals surface area contributed by atoms with E-state index in [0.29, 0.717) is 5.58 Å². The third kappa shape index (κ3) is 1.18. The molecule has 3 nitrogen and oxygen atoms in total. The van der Waals surface area contributed by atoms with E-state index in [0.717, 1.165) is 16.4 Å². The number of hydrogen-bond acceptors (Lipinski definition) is 2. The zero-order valence-corrected chi connectivity index (χ0v) is 7.72. The molecular weight excluding hydrogens is 222 g/mol. The molecule has 0 aliphatic rings. The molecule has 0 fully saturated rings. The second-order valence-corrected chi connectivity index (χ2v) is 3.04. The lowest BCUT2D eigenvalue weighted by molar-refractivity contribution is 0.555. The van der Waals surface area contributed by atoms with Crippen LogP contribution in [0.1, 0.15) is 5.56 Å². The monoisotopic (exact) mass is 227 g/mol. The molecule has 1 aromatic heterocycles. The Balaban J connectivity index is 2.74. The number of aromatic nitrogens is 1. The van der Waals surface area contributed by atoms with Crippen molar-refractivity contribution in [1.82, 2.24) is 4.98 Å². The lowest BCUT2D eigenvalue weighted by Crippen LogP contribution is -1.92. The Morgan fingerprint density at radius 1 is 1.50 bits per heavy atom. The van der Waals surface area contributed by atoms with E-state index >= 15 is 0 Å². The predicted octanol–water partition coefficient (Wildman–Crippen LogP) is 2.02. The van der Waals surface area contributed by atoms with Crippen molar-refractivity contribution in [2.75, 3.05) is 0 Å². The molecule has 0 bridgehead atoms. The van der Waals surface area contributed by atoms with Crippen LogP contribution in [0.5, 0.6) is 0 Å². The molecule has 0 saturated heterocycles. The summed E-state index contributed by atoms with van der Waals surface area (Å²) in [6.45, 7) is 0. The number of hydrogen-bond donors (Lipinski definition) is 1. The molecular formula is C8H6BrNO2. The summed E-state index contributed by atoms with van der Waals surface area (Å²) in [5.41, 5.74) is 2.44. The Morgan fingerprint density at radius 3 is 3.08 bits per heavy atom. The van der Waals surface area contributed by atoms with E-state index < -0.39 is 5.76 Å². The van der Waals surface area contributed by atoms with E-state index in [9.17, 15) is 4.79 Å². The zero-order chi connectivity index (χ0) is 8.55. The van der Waals surface area contributed by atoms with Gasteiger partial charge >= 0.3 is 5.76 Å². The molecule has 12 heavy (non-hydrogen) atoms.